The first-order valence-corrected chi connectivity index (χ1v) is 12.0. The van der Waals surface area contributed by atoms with Gasteiger partial charge in [-0.15, -0.1) is 6.58 Å². The summed E-state index contributed by atoms with van der Waals surface area (Å²) in [5.74, 6) is 0.806. The molecule has 8 heteroatoms. The second-order valence-corrected chi connectivity index (χ2v) is 9.21. The molecule has 4 heterocycles. The highest BCUT2D eigenvalue weighted by Crippen LogP contribution is 2.36. The van der Waals surface area contributed by atoms with Crippen LogP contribution in [0.3, 0.4) is 0 Å². The Morgan fingerprint density at radius 1 is 1.24 bits per heavy atom. The Labute approximate surface area is 200 Å². The molecule has 1 N–H and O–H groups in total. The molecule has 1 amide bonds. The minimum absolute atomic E-state index is 0.0356. The zero-order chi connectivity index (χ0) is 23.9. The van der Waals surface area contributed by atoms with Gasteiger partial charge in [0.2, 0.25) is 0 Å². The summed E-state index contributed by atoms with van der Waals surface area (Å²) in [5, 5.41) is 2.93. The maximum absolute atomic E-state index is 13.2. The lowest BCUT2D eigenvalue weighted by Gasteiger charge is -2.46. The van der Waals surface area contributed by atoms with Gasteiger partial charge in [-0.2, -0.15) is 0 Å². The summed E-state index contributed by atoms with van der Waals surface area (Å²) in [6.45, 7) is 14.4. The molecule has 0 saturated carbocycles. The van der Waals surface area contributed by atoms with Gasteiger partial charge in [-0.1, -0.05) is 6.08 Å². The standard InChI is InChI=1S/C26H32N6O2/c1-5-26-10-7-11-32(26)13-12-30(17-26)20-8-9-21(22(14-20)34-6-2)25(33)29-23-16-31-15-18(3)27-24(31)19(4)28-23/h5,8-9,14-16H,1,6-7,10-13,17H2,2-4H3,(H,29,33)/t26-/m0/s1. The molecule has 2 saturated heterocycles. The number of nitrogens with zero attached hydrogens (tertiary/aromatic N) is 5. The van der Waals surface area contributed by atoms with Gasteiger partial charge in [0.1, 0.15) is 11.6 Å². The molecule has 178 valence electrons. The average Bonchev–Trinajstić information content (AvgIpc) is 3.42. The third-order valence-electron chi connectivity index (χ3n) is 6.99. The summed E-state index contributed by atoms with van der Waals surface area (Å²) in [6, 6.07) is 5.85. The normalized spacial score (nSPS) is 20.4. The SMILES string of the molecule is C=C[C@@]12CCCN1CCN(c1ccc(C(=O)Nc3cn4cc(C)nc4c(C)n3)c(OCC)c1)C2. The second kappa shape index (κ2) is 8.76. The molecule has 0 unspecified atom stereocenters. The summed E-state index contributed by atoms with van der Waals surface area (Å²) < 4.78 is 7.80. The summed E-state index contributed by atoms with van der Waals surface area (Å²) >= 11 is 0. The molecule has 3 aromatic rings. The summed E-state index contributed by atoms with van der Waals surface area (Å²) in [7, 11) is 0. The van der Waals surface area contributed by atoms with Gasteiger partial charge in [-0.05, 0) is 52.3 Å². The van der Waals surface area contributed by atoms with Gasteiger partial charge in [-0.3, -0.25) is 9.69 Å². The van der Waals surface area contributed by atoms with E-state index in [0.717, 1.165) is 55.3 Å². The van der Waals surface area contributed by atoms with Crippen LogP contribution in [0.5, 0.6) is 5.75 Å². The van der Waals surface area contributed by atoms with Crippen LogP contribution >= 0.6 is 0 Å². The predicted molar refractivity (Wildman–Crippen MR) is 134 cm³/mol. The molecule has 2 aromatic heterocycles. The Morgan fingerprint density at radius 2 is 2.09 bits per heavy atom. The predicted octanol–water partition coefficient (Wildman–Crippen LogP) is 3.84. The summed E-state index contributed by atoms with van der Waals surface area (Å²) in [4.78, 5) is 27.1. The lowest BCUT2D eigenvalue weighted by molar-refractivity contribution is 0.102. The van der Waals surface area contributed by atoms with Crippen molar-refractivity contribution in [2.45, 2.75) is 39.2 Å². The van der Waals surface area contributed by atoms with Crippen LogP contribution in [0.15, 0.2) is 43.2 Å². The van der Waals surface area contributed by atoms with Crippen molar-refractivity contribution in [2.75, 3.05) is 43.0 Å². The molecule has 1 atom stereocenters. The fourth-order valence-corrected chi connectivity index (χ4v) is 5.33. The van der Waals surface area contributed by atoms with E-state index in [4.69, 9.17) is 4.74 Å². The van der Waals surface area contributed by atoms with Crippen molar-refractivity contribution in [3.63, 3.8) is 0 Å². The first-order valence-electron chi connectivity index (χ1n) is 12.0. The number of aromatic nitrogens is 3. The minimum atomic E-state index is -0.249. The number of benzene rings is 1. The maximum atomic E-state index is 13.2. The molecular formula is C26H32N6O2. The van der Waals surface area contributed by atoms with E-state index in [1.807, 2.05) is 49.6 Å². The molecule has 34 heavy (non-hydrogen) atoms. The number of nitrogens with one attached hydrogen (secondary N) is 1. The van der Waals surface area contributed by atoms with Gasteiger partial charge < -0.3 is 19.4 Å². The van der Waals surface area contributed by atoms with Gasteiger partial charge in [0.15, 0.2) is 5.65 Å². The number of hydrogen-bond donors (Lipinski definition) is 1. The molecule has 2 fully saturated rings. The van der Waals surface area contributed by atoms with Crippen LogP contribution in [-0.4, -0.2) is 63.5 Å². The van der Waals surface area contributed by atoms with Gasteiger partial charge >= 0.3 is 0 Å². The number of carbonyl (C=O) groups is 1. The number of fused-ring (bicyclic) bond motifs is 2. The molecule has 0 aliphatic carbocycles. The maximum Gasteiger partial charge on any atom is 0.260 e. The summed E-state index contributed by atoms with van der Waals surface area (Å²) in [6.07, 6.45) is 8.16. The van der Waals surface area contributed by atoms with Crippen LogP contribution in [0, 0.1) is 13.8 Å². The zero-order valence-corrected chi connectivity index (χ0v) is 20.2. The average molecular weight is 461 g/mol. The quantitative estimate of drug-likeness (QED) is 0.564. The van der Waals surface area contributed by atoms with Crippen LogP contribution in [0.1, 0.15) is 41.5 Å². The van der Waals surface area contributed by atoms with Crippen molar-refractivity contribution >= 4 is 23.1 Å². The van der Waals surface area contributed by atoms with E-state index >= 15 is 0 Å². The molecular weight excluding hydrogens is 428 g/mol. The number of hydrogen-bond acceptors (Lipinski definition) is 6. The Balaban J connectivity index is 1.40. The molecule has 8 nitrogen and oxygen atoms in total. The van der Waals surface area contributed by atoms with Crippen molar-refractivity contribution in [1.29, 1.82) is 0 Å². The monoisotopic (exact) mass is 460 g/mol. The molecule has 0 radical (unpaired) electrons. The Kier molecular flexibility index (Phi) is 5.77. The molecule has 1 aromatic carbocycles. The Hall–Kier alpha value is -3.39. The van der Waals surface area contributed by atoms with Crippen LogP contribution in [-0.2, 0) is 0 Å². The molecule has 2 aliphatic heterocycles. The van der Waals surface area contributed by atoms with E-state index in [2.05, 4.69) is 37.7 Å². The van der Waals surface area contributed by atoms with Crippen LogP contribution in [0.25, 0.3) is 5.65 Å². The van der Waals surface area contributed by atoms with Crippen molar-refractivity contribution in [1.82, 2.24) is 19.3 Å². The lowest BCUT2D eigenvalue weighted by atomic mass is 9.93. The highest BCUT2D eigenvalue weighted by atomic mass is 16.5. The van der Waals surface area contributed by atoms with E-state index in [1.54, 1.807) is 6.20 Å². The molecule has 2 aliphatic rings. The van der Waals surface area contributed by atoms with Crippen LogP contribution in [0.4, 0.5) is 11.5 Å². The van der Waals surface area contributed by atoms with Crippen molar-refractivity contribution < 1.29 is 9.53 Å². The topological polar surface area (TPSA) is 75.0 Å². The number of carbonyl (C=O) groups excluding carboxylic acids is 1. The van der Waals surface area contributed by atoms with Gasteiger partial charge in [0, 0.05) is 37.6 Å². The number of anilines is 2. The highest BCUT2D eigenvalue weighted by Gasteiger charge is 2.42. The number of imidazole rings is 1. The Bertz CT molecular complexity index is 1250. The van der Waals surface area contributed by atoms with Crippen molar-refractivity contribution in [3.8, 4) is 5.75 Å². The van der Waals surface area contributed by atoms with Gasteiger partial charge in [-0.25, -0.2) is 9.97 Å². The lowest BCUT2D eigenvalue weighted by Crippen LogP contribution is -2.58. The zero-order valence-electron chi connectivity index (χ0n) is 20.2. The number of aryl methyl sites for hydroxylation is 2. The third-order valence-corrected chi connectivity index (χ3v) is 6.99. The number of ether oxygens (including phenoxy) is 1. The fourth-order valence-electron chi connectivity index (χ4n) is 5.33. The van der Waals surface area contributed by atoms with E-state index < -0.39 is 0 Å². The molecule has 0 bridgehead atoms. The summed E-state index contributed by atoms with van der Waals surface area (Å²) in [5.41, 5.74) is 4.04. The van der Waals surface area contributed by atoms with Crippen molar-refractivity contribution in [3.05, 3.63) is 60.2 Å². The molecule has 0 spiro atoms. The highest BCUT2D eigenvalue weighted by molar-refractivity contribution is 6.06. The number of rotatable bonds is 6. The first kappa shape index (κ1) is 22.4. The first-order chi connectivity index (χ1) is 16.4. The Morgan fingerprint density at radius 3 is 2.88 bits per heavy atom. The van der Waals surface area contributed by atoms with Crippen LogP contribution < -0.4 is 15.0 Å². The smallest absolute Gasteiger partial charge is 0.260 e. The fraction of sp³-hybridized carbons (Fsp3) is 0.423. The van der Waals surface area contributed by atoms with Gasteiger partial charge in [0.05, 0.1) is 35.3 Å². The van der Waals surface area contributed by atoms with Crippen molar-refractivity contribution in [2.24, 2.45) is 0 Å². The van der Waals surface area contributed by atoms with E-state index in [9.17, 15) is 4.79 Å². The van der Waals surface area contributed by atoms with E-state index in [-0.39, 0.29) is 11.4 Å². The number of piperazine rings is 1. The third kappa shape index (κ3) is 3.92. The van der Waals surface area contributed by atoms with Crippen LogP contribution in [0.2, 0.25) is 0 Å². The van der Waals surface area contributed by atoms with E-state index in [0.29, 0.717) is 23.7 Å². The minimum Gasteiger partial charge on any atom is -0.493 e. The number of amides is 1. The largest absolute Gasteiger partial charge is 0.493 e. The van der Waals surface area contributed by atoms with Gasteiger partial charge in [0.25, 0.3) is 5.91 Å². The molecule has 5 rings (SSSR count). The van der Waals surface area contributed by atoms with E-state index in [1.165, 1.54) is 6.42 Å². The second-order valence-electron chi connectivity index (χ2n) is 9.21.